The number of aromatic nitrogens is 4. The van der Waals surface area contributed by atoms with Crippen LogP contribution in [-0.2, 0) is 0 Å². The molecule has 2 fully saturated rings. The van der Waals surface area contributed by atoms with Crippen LogP contribution in [0.5, 0.6) is 0 Å². The van der Waals surface area contributed by atoms with Crippen LogP contribution in [0.4, 0.5) is 15.8 Å². The van der Waals surface area contributed by atoms with E-state index in [-0.39, 0.29) is 11.9 Å². The van der Waals surface area contributed by atoms with Gasteiger partial charge in [-0.3, -0.25) is 4.90 Å². The number of tetrazole rings is 1. The van der Waals surface area contributed by atoms with Crippen LogP contribution in [0.15, 0.2) is 48.5 Å². The Labute approximate surface area is 201 Å². The Hall–Kier alpha value is -3.00. The van der Waals surface area contributed by atoms with Gasteiger partial charge in [-0.25, -0.2) is 9.07 Å². The van der Waals surface area contributed by atoms with E-state index in [1.54, 1.807) is 6.07 Å². The van der Waals surface area contributed by atoms with Crippen molar-refractivity contribution in [2.24, 2.45) is 0 Å². The maximum absolute atomic E-state index is 14.4. The van der Waals surface area contributed by atoms with Gasteiger partial charge in [0.2, 0.25) is 0 Å². The van der Waals surface area contributed by atoms with E-state index in [1.807, 2.05) is 12.1 Å². The lowest BCUT2D eigenvalue weighted by Crippen LogP contribution is -2.48. The standard InChI is InChI=1S/C26H34FN7/c1-31(2)21-14-12-20(13-15-21)25(26-28-29-30-34(26)22-8-4-3-5-9-22)33-18-16-32(17-19-33)24-11-7-6-10-23(24)27/h6-7,10-15,22,25H,3-5,8-9,16-19H2,1-2H3/t25-/m1/s1. The highest BCUT2D eigenvalue weighted by atomic mass is 19.1. The van der Waals surface area contributed by atoms with Gasteiger partial charge in [-0.05, 0) is 53.1 Å². The van der Waals surface area contributed by atoms with Crippen molar-refractivity contribution in [3.8, 4) is 0 Å². The van der Waals surface area contributed by atoms with Crippen LogP contribution in [0, 0.1) is 5.82 Å². The molecule has 2 aromatic carbocycles. The summed E-state index contributed by atoms with van der Waals surface area (Å²) in [6.07, 6.45) is 6.01. The Morgan fingerprint density at radius 3 is 2.29 bits per heavy atom. The molecular formula is C26H34FN7. The molecule has 1 saturated heterocycles. The molecule has 34 heavy (non-hydrogen) atoms. The quantitative estimate of drug-likeness (QED) is 0.544. The molecule has 1 aliphatic carbocycles. The Balaban J connectivity index is 1.44. The number of piperazine rings is 1. The van der Waals surface area contributed by atoms with Crippen molar-refractivity contribution >= 4 is 11.4 Å². The van der Waals surface area contributed by atoms with Gasteiger partial charge in [0.25, 0.3) is 0 Å². The van der Waals surface area contributed by atoms with Gasteiger partial charge in [0.15, 0.2) is 5.82 Å². The molecule has 1 atom stereocenters. The smallest absolute Gasteiger partial charge is 0.173 e. The Morgan fingerprint density at radius 1 is 0.912 bits per heavy atom. The van der Waals surface area contributed by atoms with E-state index in [9.17, 15) is 4.39 Å². The van der Waals surface area contributed by atoms with Crippen LogP contribution in [0.25, 0.3) is 0 Å². The normalized spacial score (nSPS) is 18.7. The summed E-state index contributed by atoms with van der Waals surface area (Å²) in [5, 5.41) is 13.2. The summed E-state index contributed by atoms with van der Waals surface area (Å²) < 4.78 is 16.5. The summed E-state index contributed by atoms with van der Waals surface area (Å²) in [6.45, 7) is 3.15. The van der Waals surface area contributed by atoms with Gasteiger partial charge in [0.1, 0.15) is 5.82 Å². The molecule has 2 heterocycles. The first-order valence-corrected chi connectivity index (χ1v) is 12.4. The zero-order valence-corrected chi connectivity index (χ0v) is 20.1. The minimum atomic E-state index is -0.159. The molecule has 5 rings (SSSR count). The lowest BCUT2D eigenvalue weighted by atomic mass is 9.95. The van der Waals surface area contributed by atoms with Gasteiger partial charge < -0.3 is 9.80 Å². The van der Waals surface area contributed by atoms with Crippen molar-refractivity contribution in [3.05, 3.63) is 65.7 Å². The van der Waals surface area contributed by atoms with Crippen molar-refractivity contribution in [1.29, 1.82) is 0 Å². The number of rotatable bonds is 6. The van der Waals surface area contributed by atoms with E-state index < -0.39 is 0 Å². The first kappa shape index (κ1) is 22.8. The average molecular weight is 464 g/mol. The zero-order valence-electron chi connectivity index (χ0n) is 20.1. The van der Waals surface area contributed by atoms with Gasteiger partial charge in [-0.15, -0.1) is 5.10 Å². The molecule has 0 unspecified atom stereocenters. The van der Waals surface area contributed by atoms with Gasteiger partial charge in [-0.1, -0.05) is 43.5 Å². The number of nitrogens with zero attached hydrogens (tertiary/aromatic N) is 7. The first-order chi connectivity index (χ1) is 16.6. The second kappa shape index (κ2) is 10.1. The van der Waals surface area contributed by atoms with Crippen molar-refractivity contribution in [3.63, 3.8) is 0 Å². The fourth-order valence-electron chi connectivity index (χ4n) is 5.37. The summed E-state index contributed by atoms with van der Waals surface area (Å²) in [4.78, 5) is 6.70. The van der Waals surface area contributed by atoms with Crippen molar-refractivity contribution in [1.82, 2.24) is 25.1 Å². The highest BCUT2D eigenvalue weighted by Crippen LogP contribution is 2.34. The van der Waals surface area contributed by atoms with E-state index in [1.165, 1.54) is 36.6 Å². The molecule has 1 aromatic heterocycles. The van der Waals surface area contributed by atoms with E-state index in [0.29, 0.717) is 11.7 Å². The Morgan fingerprint density at radius 2 is 1.62 bits per heavy atom. The van der Waals surface area contributed by atoms with Crippen LogP contribution in [0.3, 0.4) is 0 Å². The zero-order chi connectivity index (χ0) is 23.5. The summed E-state index contributed by atoms with van der Waals surface area (Å²) >= 11 is 0. The number of anilines is 2. The van der Waals surface area contributed by atoms with Crippen LogP contribution >= 0.6 is 0 Å². The molecule has 0 N–H and O–H groups in total. The molecule has 0 bridgehead atoms. The molecule has 2 aliphatic rings. The number of benzene rings is 2. The van der Waals surface area contributed by atoms with E-state index >= 15 is 0 Å². The lowest BCUT2D eigenvalue weighted by Gasteiger charge is -2.40. The molecule has 7 nitrogen and oxygen atoms in total. The van der Waals surface area contributed by atoms with Crippen molar-refractivity contribution < 1.29 is 4.39 Å². The van der Waals surface area contributed by atoms with E-state index in [4.69, 9.17) is 0 Å². The summed E-state index contributed by atoms with van der Waals surface area (Å²) in [6, 6.07) is 16.1. The van der Waals surface area contributed by atoms with Crippen LogP contribution in [0.1, 0.15) is 55.6 Å². The SMILES string of the molecule is CN(C)c1ccc([C@H](c2nnnn2C2CCCCC2)N2CCN(c3ccccc3F)CC2)cc1. The van der Waals surface area contributed by atoms with Gasteiger partial charge in [0, 0.05) is 46.0 Å². The number of para-hydroxylation sites is 1. The number of halogens is 1. The molecule has 8 heteroatoms. The van der Waals surface area contributed by atoms with Crippen LogP contribution in [-0.4, -0.2) is 65.4 Å². The Bertz CT molecular complexity index is 1070. The fourth-order valence-corrected chi connectivity index (χ4v) is 5.37. The number of hydrogen-bond acceptors (Lipinski definition) is 6. The minimum absolute atomic E-state index is 0.0316. The van der Waals surface area contributed by atoms with Crippen molar-refractivity contribution in [2.45, 2.75) is 44.2 Å². The number of hydrogen-bond donors (Lipinski definition) is 0. The largest absolute Gasteiger partial charge is 0.378 e. The third-order valence-corrected chi connectivity index (χ3v) is 7.28. The highest BCUT2D eigenvalue weighted by molar-refractivity contribution is 5.49. The maximum atomic E-state index is 14.4. The monoisotopic (exact) mass is 463 g/mol. The first-order valence-electron chi connectivity index (χ1n) is 12.4. The van der Waals surface area contributed by atoms with E-state index in [2.05, 4.69) is 73.3 Å². The minimum Gasteiger partial charge on any atom is -0.378 e. The van der Waals surface area contributed by atoms with Gasteiger partial charge >= 0.3 is 0 Å². The van der Waals surface area contributed by atoms with Crippen LogP contribution in [0.2, 0.25) is 0 Å². The molecule has 1 aliphatic heterocycles. The van der Waals surface area contributed by atoms with Crippen LogP contribution < -0.4 is 9.80 Å². The second-order valence-electron chi connectivity index (χ2n) is 9.64. The topological polar surface area (TPSA) is 53.3 Å². The van der Waals surface area contributed by atoms with Gasteiger partial charge in [0.05, 0.1) is 17.8 Å². The molecule has 0 amide bonds. The van der Waals surface area contributed by atoms with E-state index in [0.717, 1.165) is 44.8 Å². The third-order valence-electron chi connectivity index (χ3n) is 7.28. The maximum Gasteiger partial charge on any atom is 0.173 e. The highest BCUT2D eigenvalue weighted by Gasteiger charge is 2.33. The summed E-state index contributed by atoms with van der Waals surface area (Å²) in [5.74, 6) is 0.761. The average Bonchev–Trinajstić information content (AvgIpc) is 3.35. The summed E-state index contributed by atoms with van der Waals surface area (Å²) in [7, 11) is 4.11. The predicted molar refractivity (Wildman–Crippen MR) is 133 cm³/mol. The second-order valence-corrected chi connectivity index (χ2v) is 9.64. The molecule has 3 aromatic rings. The molecule has 180 valence electrons. The fraction of sp³-hybridized carbons (Fsp3) is 0.500. The molecule has 0 spiro atoms. The van der Waals surface area contributed by atoms with Crippen molar-refractivity contribution in [2.75, 3.05) is 50.1 Å². The Kier molecular flexibility index (Phi) is 6.76. The predicted octanol–water partition coefficient (Wildman–Crippen LogP) is 4.30. The third kappa shape index (κ3) is 4.64. The lowest BCUT2D eigenvalue weighted by molar-refractivity contribution is 0.193. The molecule has 0 radical (unpaired) electrons. The molecule has 1 saturated carbocycles. The summed E-state index contributed by atoms with van der Waals surface area (Å²) in [5.41, 5.74) is 3.04. The molecular weight excluding hydrogens is 429 g/mol. The van der Waals surface area contributed by atoms with Gasteiger partial charge in [-0.2, -0.15) is 0 Å².